The van der Waals surface area contributed by atoms with Crippen LogP contribution in [0.5, 0.6) is 0 Å². The minimum Gasteiger partial charge on any atom is -0.393 e. The van der Waals surface area contributed by atoms with Gasteiger partial charge in [0.15, 0.2) is 11.5 Å². The lowest BCUT2D eigenvalue weighted by Gasteiger charge is -2.15. The van der Waals surface area contributed by atoms with Crippen LogP contribution in [0.25, 0.3) is 11.2 Å². The Morgan fingerprint density at radius 3 is 2.82 bits per heavy atom. The van der Waals surface area contributed by atoms with Crippen LogP contribution in [0.3, 0.4) is 0 Å². The fraction of sp³-hybridized carbons (Fsp3) is 0.545. The van der Waals surface area contributed by atoms with Crippen molar-refractivity contribution in [1.82, 2.24) is 19.5 Å². The topological polar surface area (TPSA) is 89.9 Å². The lowest BCUT2D eigenvalue weighted by Crippen LogP contribution is -2.12. The van der Waals surface area contributed by atoms with Crippen LogP contribution in [0.1, 0.15) is 18.9 Å². The standard InChI is InChI=1S/C11H13N5O/c12-10-9-11(14-3-13-10)16(4-15-9)7-2-8(17)6-1-5(6)7/h3-8,17H,1-2H2,(H2,12,13,14)/t5-,6+,7-,8+/m0/s1. The zero-order chi connectivity index (χ0) is 11.6. The maximum Gasteiger partial charge on any atom is 0.165 e. The molecule has 0 unspecified atom stereocenters. The molecule has 2 aliphatic rings. The molecular weight excluding hydrogens is 218 g/mol. The van der Waals surface area contributed by atoms with Crippen molar-refractivity contribution in [3.8, 4) is 0 Å². The third kappa shape index (κ3) is 1.16. The summed E-state index contributed by atoms with van der Waals surface area (Å²) >= 11 is 0. The summed E-state index contributed by atoms with van der Waals surface area (Å²) < 4.78 is 2.05. The van der Waals surface area contributed by atoms with E-state index in [0.717, 1.165) is 18.5 Å². The second-order valence-electron chi connectivity index (χ2n) is 5.02. The molecule has 0 radical (unpaired) electrons. The first kappa shape index (κ1) is 9.35. The van der Waals surface area contributed by atoms with Crippen molar-refractivity contribution >= 4 is 17.0 Å². The average Bonchev–Trinajstić information content (AvgIpc) is 2.89. The SMILES string of the molecule is Nc1ncnc2c1ncn2[C@H]1C[C@@H](O)[C@@H]2C[C@@H]21. The maximum atomic E-state index is 9.84. The predicted octanol–water partition coefficient (Wildman–Crippen LogP) is 0.350. The Kier molecular flexibility index (Phi) is 1.62. The summed E-state index contributed by atoms with van der Waals surface area (Å²) in [6.45, 7) is 0. The summed E-state index contributed by atoms with van der Waals surface area (Å²) in [4.78, 5) is 12.5. The average molecular weight is 231 g/mol. The highest BCUT2D eigenvalue weighted by Gasteiger charge is 2.54. The van der Waals surface area contributed by atoms with Gasteiger partial charge in [0, 0.05) is 6.04 Å². The number of hydrogen-bond acceptors (Lipinski definition) is 5. The van der Waals surface area contributed by atoms with E-state index >= 15 is 0 Å². The molecule has 2 saturated carbocycles. The number of nitrogen functional groups attached to an aromatic ring is 1. The minimum absolute atomic E-state index is 0.165. The zero-order valence-electron chi connectivity index (χ0n) is 9.19. The molecule has 6 nitrogen and oxygen atoms in total. The fourth-order valence-corrected chi connectivity index (χ4v) is 3.15. The number of hydrogen-bond donors (Lipinski definition) is 2. The second-order valence-corrected chi connectivity index (χ2v) is 5.02. The molecule has 0 aliphatic heterocycles. The molecule has 0 bridgehead atoms. The largest absolute Gasteiger partial charge is 0.393 e. The third-order valence-corrected chi connectivity index (χ3v) is 4.11. The number of fused-ring (bicyclic) bond motifs is 2. The highest BCUT2D eigenvalue weighted by molar-refractivity contribution is 5.81. The summed E-state index contributed by atoms with van der Waals surface area (Å²) in [5.41, 5.74) is 7.20. The van der Waals surface area contributed by atoms with E-state index in [-0.39, 0.29) is 6.10 Å². The van der Waals surface area contributed by atoms with E-state index in [1.165, 1.54) is 6.33 Å². The van der Waals surface area contributed by atoms with Crippen LogP contribution in [0.2, 0.25) is 0 Å². The number of imidazole rings is 1. The lowest BCUT2D eigenvalue weighted by molar-refractivity contribution is 0.152. The number of aliphatic hydroxyl groups is 1. The molecule has 2 aromatic rings. The Labute approximate surface area is 97.5 Å². The lowest BCUT2D eigenvalue weighted by atomic mass is 10.1. The minimum atomic E-state index is -0.165. The van der Waals surface area contributed by atoms with E-state index in [1.54, 1.807) is 6.33 Å². The first-order valence-corrected chi connectivity index (χ1v) is 5.87. The molecule has 2 aromatic heterocycles. The molecule has 17 heavy (non-hydrogen) atoms. The van der Waals surface area contributed by atoms with Gasteiger partial charge in [-0.2, -0.15) is 0 Å². The Hall–Kier alpha value is -1.69. The summed E-state index contributed by atoms with van der Waals surface area (Å²) in [5.74, 6) is 1.48. The number of anilines is 1. The number of nitrogens with zero attached hydrogens (tertiary/aromatic N) is 4. The Bertz CT molecular complexity index is 595. The number of aromatic nitrogens is 4. The second kappa shape index (κ2) is 2.95. The van der Waals surface area contributed by atoms with Gasteiger partial charge in [-0.25, -0.2) is 15.0 Å². The molecule has 2 fully saturated rings. The van der Waals surface area contributed by atoms with Gasteiger partial charge in [0.1, 0.15) is 11.8 Å². The number of nitrogens with two attached hydrogens (primary N) is 1. The molecule has 4 atom stereocenters. The van der Waals surface area contributed by atoms with Gasteiger partial charge in [0.2, 0.25) is 0 Å². The molecule has 0 aromatic carbocycles. The first-order valence-electron chi connectivity index (χ1n) is 5.87. The van der Waals surface area contributed by atoms with Crippen molar-refractivity contribution in [2.75, 3.05) is 5.73 Å². The Morgan fingerprint density at radius 2 is 2.12 bits per heavy atom. The van der Waals surface area contributed by atoms with Gasteiger partial charge in [-0.3, -0.25) is 0 Å². The smallest absolute Gasteiger partial charge is 0.165 e. The van der Waals surface area contributed by atoms with Crippen LogP contribution in [0.4, 0.5) is 5.82 Å². The van der Waals surface area contributed by atoms with Gasteiger partial charge in [0.25, 0.3) is 0 Å². The molecule has 3 N–H and O–H groups in total. The van der Waals surface area contributed by atoms with Crippen LogP contribution < -0.4 is 5.73 Å². The van der Waals surface area contributed by atoms with Crippen LogP contribution in [-0.4, -0.2) is 30.7 Å². The van der Waals surface area contributed by atoms with E-state index in [2.05, 4.69) is 15.0 Å². The third-order valence-electron chi connectivity index (χ3n) is 4.11. The summed E-state index contributed by atoms with van der Waals surface area (Å²) in [7, 11) is 0. The zero-order valence-corrected chi connectivity index (χ0v) is 9.19. The van der Waals surface area contributed by atoms with Crippen molar-refractivity contribution in [3.63, 3.8) is 0 Å². The molecule has 88 valence electrons. The van der Waals surface area contributed by atoms with Crippen molar-refractivity contribution in [3.05, 3.63) is 12.7 Å². The van der Waals surface area contributed by atoms with E-state index in [4.69, 9.17) is 5.73 Å². The molecule has 2 heterocycles. The van der Waals surface area contributed by atoms with Crippen molar-refractivity contribution in [1.29, 1.82) is 0 Å². The first-order chi connectivity index (χ1) is 8.25. The molecule has 2 aliphatic carbocycles. The van der Waals surface area contributed by atoms with Crippen LogP contribution in [0, 0.1) is 11.8 Å². The highest BCUT2D eigenvalue weighted by Crippen LogP contribution is 2.57. The number of rotatable bonds is 1. The molecule has 0 amide bonds. The quantitative estimate of drug-likeness (QED) is 0.739. The number of aliphatic hydroxyl groups excluding tert-OH is 1. The Morgan fingerprint density at radius 1 is 1.24 bits per heavy atom. The molecule has 4 rings (SSSR count). The van der Waals surface area contributed by atoms with Crippen LogP contribution in [-0.2, 0) is 0 Å². The van der Waals surface area contributed by atoms with Gasteiger partial charge in [-0.05, 0) is 24.7 Å². The van der Waals surface area contributed by atoms with Gasteiger partial charge in [-0.1, -0.05) is 0 Å². The van der Waals surface area contributed by atoms with Crippen LogP contribution >= 0.6 is 0 Å². The van der Waals surface area contributed by atoms with E-state index in [0.29, 0.717) is 29.2 Å². The predicted molar refractivity (Wildman–Crippen MR) is 61.0 cm³/mol. The van der Waals surface area contributed by atoms with Gasteiger partial charge >= 0.3 is 0 Å². The Balaban J connectivity index is 1.84. The normalized spacial score (nSPS) is 35.1. The highest BCUT2D eigenvalue weighted by atomic mass is 16.3. The van der Waals surface area contributed by atoms with Gasteiger partial charge in [-0.15, -0.1) is 0 Å². The van der Waals surface area contributed by atoms with E-state index in [1.807, 2.05) is 4.57 Å². The maximum absolute atomic E-state index is 9.84. The van der Waals surface area contributed by atoms with Crippen LogP contribution in [0.15, 0.2) is 12.7 Å². The van der Waals surface area contributed by atoms with E-state index in [9.17, 15) is 5.11 Å². The van der Waals surface area contributed by atoms with Crippen molar-refractivity contribution in [2.24, 2.45) is 11.8 Å². The van der Waals surface area contributed by atoms with E-state index < -0.39 is 0 Å². The summed E-state index contributed by atoms with van der Waals surface area (Å²) in [6, 6.07) is 0.314. The van der Waals surface area contributed by atoms with Gasteiger partial charge in [0.05, 0.1) is 12.4 Å². The molecule has 0 saturated heterocycles. The summed E-state index contributed by atoms with van der Waals surface area (Å²) in [6.07, 6.45) is 4.98. The van der Waals surface area contributed by atoms with Crippen molar-refractivity contribution < 1.29 is 5.11 Å². The monoisotopic (exact) mass is 231 g/mol. The van der Waals surface area contributed by atoms with Crippen molar-refractivity contribution in [2.45, 2.75) is 25.0 Å². The molecule has 0 spiro atoms. The summed E-state index contributed by atoms with van der Waals surface area (Å²) in [5, 5.41) is 9.84. The van der Waals surface area contributed by atoms with Gasteiger partial charge < -0.3 is 15.4 Å². The fourth-order valence-electron chi connectivity index (χ4n) is 3.15. The molecule has 6 heteroatoms. The molecular formula is C11H13N5O.